The molecule has 1 aliphatic heterocycles. The van der Waals surface area contributed by atoms with Gasteiger partial charge in [0.05, 0.1) is 0 Å². The molecule has 1 aromatic heterocycles. The summed E-state index contributed by atoms with van der Waals surface area (Å²) in [5.41, 5.74) is 9.40. The zero-order chi connectivity index (χ0) is 33.7. The van der Waals surface area contributed by atoms with Gasteiger partial charge in [-0.15, -0.1) is 0 Å². The van der Waals surface area contributed by atoms with E-state index in [4.69, 9.17) is 14.4 Å². The molecule has 0 saturated heterocycles. The van der Waals surface area contributed by atoms with Crippen molar-refractivity contribution in [3.8, 4) is 22.3 Å². The van der Waals surface area contributed by atoms with E-state index in [1.165, 1.54) is 27.3 Å². The monoisotopic (exact) mass is 653 g/mol. The lowest BCUT2D eigenvalue weighted by atomic mass is 9.95. The molecule has 10 rings (SSSR count). The van der Waals surface area contributed by atoms with Gasteiger partial charge in [0.25, 0.3) is 0 Å². The van der Waals surface area contributed by atoms with E-state index in [0.717, 1.165) is 66.8 Å². The van der Waals surface area contributed by atoms with Gasteiger partial charge in [0, 0.05) is 27.5 Å². The molecule has 0 fully saturated rings. The second kappa shape index (κ2) is 12.0. The Morgan fingerprint density at radius 1 is 0.412 bits per heavy atom. The minimum atomic E-state index is -0.460. The Morgan fingerprint density at radius 2 is 1.02 bits per heavy atom. The molecule has 4 nitrogen and oxygen atoms in total. The number of nitrogens with one attached hydrogen (secondary N) is 1. The minimum absolute atomic E-state index is 0.460. The van der Waals surface area contributed by atoms with Crippen molar-refractivity contribution in [1.82, 2.24) is 5.32 Å². The van der Waals surface area contributed by atoms with Gasteiger partial charge in [-0.25, -0.2) is 9.98 Å². The molecular weight excluding hydrogens is 623 g/mol. The van der Waals surface area contributed by atoms with Crippen LogP contribution in [0.25, 0.3) is 65.7 Å². The molecule has 0 radical (unpaired) electrons. The third kappa shape index (κ3) is 5.08. The lowest BCUT2D eigenvalue weighted by molar-refractivity contribution is 0.669. The Balaban J connectivity index is 1.14. The molecule has 1 atom stereocenters. The lowest BCUT2D eigenvalue weighted by Crippen LogP contribution is -2.36. The van der Waals surface area contributed by atoms with Crippen LogP contribution in [0.5, 0.6) is 0 Å². The molecule has 8 aromatic carbocycles. The molecule has 1 unspecified atom stereocenters. The summed E-state index contributed by atoms with van der Waals surface area (Å²) in [7, 11) is 0. The van der Waals surface area contributed by atoms with Crippen molar-refractivity contribution in [2.75, 3.05) is 0 Å². The van der Waals surface area contributed by atoms with E-state index in [1.54, 1.807) is 0 Å². The highest BCUT2D eigenvalue weighted by Gasteiger charge is 2.25. The summed E-state index contributed by atoms with van der Waals surface area (Å²) in [5, 5.41) is 10.5. The van der Waals surface area contributed by atoms with Crippen molar-refractivity contribution in [1.29, 1.82) is 0 Å². The highest BCUT2D eigenvalue weighted by Crippen LogP contribution is 2.38. The van der Waals surface area contributed by atoms with E-state index >= 15 is 0 Å². The van der Waals surface area contributed by atoms with Gasteiger partial charge in [0.1, 0.15) is 22.8 Å². The lowest BCUT2D eigenvalue weighted by Gasteiger charge is -2.24. The Kier molecular flexibility index (Phi) is 6.85. The summed E-state index contributed by atoms with van der Waals surface area (Å²) < 4.78 is 6.47. The first-order valence-corrected chi connectivity index (χ1v) is 17.3. The van der Waals surface area contributed by atoms with Crippen LogP contribution < -0.4 is 5.32 Å². The molecule has 240 valence electrons. The highest BCUT2D eigenvalue weighted by atomic mass is 16.3. The maximum absolute atomic E-state index is 6.47. The Bertz CT molecular complexity index is 2820. The fourth-order valence-corrected chi connectivity index (χ4v) is 7.46. The van der Waals surface area contributed by atoms with Gasteiger partial charge in [-0.05, 0) is 68.1 Å². The van der Waals surface area contributed by atoms with E-state index in [1.807, 2.05) is 36.4 Å². The van der Waals surface area contributed by atoms with Crippen molar-refractivity contribution < 1.29 is 4.42 Å². The van der Waals surface area contributed by atoms with Crippen LogP contribution in [0.15, 0.2) is 190 Å². The van der Waals surface area contributed by atoms with Gasteiger partial charge >= 0.3 is 0 Å². The van der Waals surface area contributed by atoms with Crippen LogP contribution in [0.2, 0.25) is 0 Å². The predicted octanol–water partition coefficient (Wildman–Crippen LogP) is 11.7. The van der Waals surface area contributed by atoms with Crippen molar-refractivity contribution in [3.05, 3.63) is 193 Å². The highest BCUT2D eigenvalue weighted by molar-refractivity contribution is 6.24. The molecule has 9 aromatic rings. The number of hydrogen-bond acceptors (Lipinski definition) is 4. The van der Waals surface area contributed by atoms with Crippen molar-refractivity contribution in [2.45, 2.75) is 6.17 Å². The van der Waals surface area contributed by atoms with Gasteiger partial charge in [-0.1, -0.05) is 152 Å². The van der Waals surface area contributed by atoms with Crippen LogP contribution in [0.3, 0.4) is 0 Å². The molecule has 51 heavy (non-hydrogen) atoms. The summed E-state index contributed by atoms with van der Waals surface area (Å²) in [4.78, 5) is 10.6. The number of hydrogen-bond donors (Lipinski definition) is 1. The molecule has 1 N–H and O–H groups in total. The van der Waals surface area contributed by atoms with Crippen LogP contribution in [0.4, 0.5) is 0 Å². The molecule has 0 amide bonds. The molecule has 0 aliphatic carbocycles. The van der Waals surface area contributed by atoms with Gasteiger partial charge in [-0.2, -0.15) is 0 Å². The SMILES string of the molecule is c1ccc(C2=NC(c3cc4ccccc4c4ccccc34)N=C(c3cccc4oc5ccc(-c6ccc(-c7ccccc7)cc6)cc5c34)N2)cc1. The van der Waals surface area contributed by atoms with Crippen molar-refractivity contribution in [3.63, 3.8) is 0 Å². The number of fused-ring (bicyclic) bond motifs is 6. The number of amidine groups is 2. The summed E-state index contributed by atoms with van der Waals surface area (Å²) in [6.45, 7) is 0. The first-order chi connectivity index (χ1) is 25.3. The Hall–Kier alpha value is -6.78. The average molecular weight is 654 g/mol. The van der Waals surface area contributed by atoms with E-state index in [-0.39, 0.29) is 0 Å². The molecule has 4 heteroatoms. The van der Waals surface area contributed by atoms with E-state index in [0.29, 0.717) is 0 Å². The van der Waals surface area contributed by atoms with Gasteiger partial charge in [-0.3, -0.25) is 0 Å². The maximum atomic E-state index is 6.47. The summed E-state index contributed by atoms with van der Waals surface area (Å²) >= 11 is 0. The summed E-state index contributed by atoms with van der Waals surface area (Å²) in [6.07, 6.45) is -0.460. The number of nitrogens with zero attached hydrogens (tertiary/aromatic N) is 2. The smallest absolute Gasteiger partial charge is 0.170 e. The fourth-order valence-electron chi connectivity index (χ4n) is 7.46. The zero-order valence-corrected chi connectivity index (χ0v) is 27.6. The normalized spacial score (nSPS) is 14.5. The van der Waals surface area contributed by atoms with E-state index < -0.39 is 6.17 Å². The van der Waals surface area contributed by atoms with E-state index in [2.05, 4.69) is 145 Å². The Labute approximate surface area is 295 Å². The zero-order valence-electron chi connectivity index (χ0n) is 27.6. The van der Waals surface area contributed by atoms with Gasteiger partial charge < -0.3 is 9.73 Å². The largest absolute Gasteiger partial charge is 0.456 e. The first kappa shape index (κ1) is 29.2. The quantitative estimate of drug-likeness (QED) is 0.188. The van der Waals surface area contributed by atoms with Crippen LogP contribution in [0, 0.1) is 0 Å². The van der Waals surface area contributed by atoms with E-state index in [9.17, 15) is 0 Å². The fraction of sp³-hybridized carbons (Fsp3) is 0.0213. The number of furan rings is 1. The molecule has 0 spiro atoms. The van der Waals surface area contributed by atoms with Crippen LogP contribution >= 0.6 is 0 Å². The standard InChI is InChI=1S/C47H31N3O/c1-3-12-30(13-4-1)31-22-24-32(25-23-31)34-26-27-42-41(28-34)44-39(20-11-21-43(44)51-42)46-48-45(33-14-5-2-6-15-33)49-47(50-46)40-29-35-16-7-8-17-36(35)37-18-9-10-19-38(37)40/h1-29,47H,(H,48,49,50). The maximum Gasteiger partial charge on any atom is 0.170 e. The number of aliphatic imine (C=N–C) groups is 2. The first-order valence-electron chi connectivity index (χ1n) is 17.3. The Morgan fingerprint density at radius 3 is 1.80 bits per heavy atom. The second-order valence-electron chi connectivity index (χ2n) is 13.0. The van der Waals surface area contributed by atoms with Gasteiger partial charge in [0.15, 0.2) is 6.17 Å². The summed E-state index contributed by atoms with van der Waals surface area (Å²) in [6, 6.07) is 61.6. The molecule has 0 saturated carbocycles. The number of benzene rings is 8. The number of rotatable bonds is 5. The molecule has 2 heterocycles. The van der Waals surface area contributed by atoms with Crippen LogP contribution in [0.1, 0.15) is 22.9 Å². The summed E-state index contributed by atoms with van der Waals surface area (Å²) in [5.74, 6) is 1.55. The van der Waals surface area contributed by atoms with Gasteiger partial charge in [0.2, 0.25) is 0 Å². The molecule has 1 aliphatic rings. The topological polar surface area (TPSA) is 49.9 Å². The second-order valence-corrected chi connectivity index (χ2v) is 13.0. The third-order valence-corrected chi connectivity index (χ3v) is 9.94. The van der Waals surface area contributed by atoms with Crippen LogP contribution in [-0.2, 0) is 0 Å². The minimum Gasteiger partial charge on any atom is -0.456 e. The average Bonchev–Trinajstić information content (AvgIpc) is 3.59. The predicted molar refractivity (Wildman–Crippen MR) is 211 cm³/mol. The van der Waals surface area contributed by atoms with Crippen LogP contribution in [-0.4, -0.2) is 11.7 Å². The molecule has 0 bridgehead atoms. The third-order valence-electron chi connectivity index (χ3n) is 9.94. The van der Waals surface area contributed by atoms with Crippen molar-refractivity contribution >= 4 is 55.2 Å². The van der Waals surface area contributed by atoms with Crippen molar-refractivity contribution in [2.24, 2.45) is 9.98 Å². The molecular formula is C47H31N3O.